The Hall–Kier alpha value is -0.340. The van der Waals surface area contributed by atoms with Crippen LogP contribution in [0.1, 0.15) is 40.0 Å². The molecule has 66 valence electrons. The predicted molar refractivity (Wildman–Crippen MR) is 46.5 cm³/mol. The molecule has 0 spiro atoms. The van der Waals surface area contributed by atoms with Gasteiger partial charge in [0.05, 0.1) is 0 Å². The molecule has 0 rings (SSSR count). The van der Waals surface area contributed by atoms with E-state index in [2.05, 4.69) is 18.7 Å². The molecule has 2 heteroatoms. The van der Waals surface area contributed by atoms with Gasteiger partial charge in [-0.2, -0.15) is 0 Å². The molecule has 0 amide bonds. The van der Waals surface area contributed by atoms with Gasteiger partial charge in [0.15, 0.2) is 0 Å². The van der Waals surface area contributed by atoms with Crippen LogP contribution in [0, 0.1) is 0 Å². The second-order valence-electron chi connectivity index (χ2n) is 2.82. The minimum Gasteiger partial charge on any atom is -0.251 e. The van der Waals surface area contributed by atoms with Gasteiger partial charge in [-0.05, 0) is 19.8 Å². The van der Waals surface area contributed by atoms with Crippen LogP contribution in [0.5, 0.6) is 0 Å². The fourth-order valence-corrected chi connectivity index (χ4v) is 1.02. The topological polar surface area (TPSA) is 29.5 Å². The second kappa shape index (κ2) is 6.38. The minimum absolute atomic E-state index is 0.124. The van der Waals surface area contributed by atoms with Crippen LogP contribution < -0.4 is 0 Å². The Morgan fingerprint density at radius 3 is 2.55 bits per heavy atom. The summed E-state index contributed by atoms with van der Waals surface area (Å²) < 4.78 is 0. The van der Waals surface area contributed by atoms with Gasteiger partial charge >= 0.3 is 0 Å². The zero-order valence-corrected chi connectivity index (χ0v) is 7.63. The summed E-state index contributed by atoms with van der Waals surface area (Å²) in [6.07, 6.45) is 4.90. The second-order valence-corrected chi connectivity index (χ2v) is 2.82. The molecule has 0 aliphatic carbocycles. The molecule has 0 aromatic carbocycles. The monoisotopic (exact) mass is 158 g/mol. The van der Waals surface area contributed by atoms with Gasteiger partial charge in [-0.25, -0.2) is 4.89 Å². The molecule has 0 saturated heterocycles. The highest BCUT2D eigenvalue weighted by Gasteiger charge is 2.00. The van der Waals surface area contributed by atoms with Crippen molar-refractivity contribution in [2.75, 3.05) is 0 Å². The summed E-state index contributed by atoms with van der Waals surface area (Å²) in [5.74, 6) is 0. The highest BCUT2D eigenvalue weighted by Crippen LogP contribution is 2.07. The molecule has 1 unspecified atom stereocenters. The van der Waals surface area contributed by atoms with E-state index in [-0.39, 0.29) is 6.10 Å². The van der Waals surface area contributed by atoms with Gasteiger partial charge in [-0.3, -0.25) is 5.26 Å². The fraction of sp³-hybridized carbons (Fsp3) is 0.778. The molecule has 0 aromatic rings. The SMILES string of the molecule is CCC/C(C)=C/C(CC)OO. The largest absolute Gasteiger partial charge is 0.251 e. The van der Waals surface area contributed by atoms with Gasteiger partial charge in [-0.15, -0.1) is 0 Å². The van der Waals surface area contributed by atoms with Crippen LogP contribution in [-0.2, 0) is 4.89 Å². The molecule has 1 N–H and O–H groups in total. The first-order valence-corrected chi connectivity index (χ1v) is 4.22. The lowest BCUT2D eigenvalue weighted by Gasteiger charge is -2.06. The van der Waals surface area contributed by atoms with Crippen molar-refractivity contribution in [3.05, 3.63) is 11.6 Å². The van der Waals surface area contributed by atoms with Crippen LogP contribution in [0.4, 0.5) is 0 Å². The molecule has 0 heterocycles. The third-order valence-electron chi connectivity index (χ3n) is 1.65. The lowest BCUT2D eigenvalue weighted by atomic mass is 10.1. The maximum absolute atomic E-state index is 8.40. The summed E-state index contributed by atoms with van der Waals surface area (Å²) in [4.78, 5) is 4.24. The van der Waals surface area contributed by atoms with Crippen molar-refractivity contribution in [1.29, 1.82) is 0 Å². The summed E-state index contributed by atoms with van der Waals surface area (Å²) in [6, 6.07) is 0. The van der Waals surface area contributed by atoms with E-state index in [1.165, 1.54) is 5.57 Å². The van der Waals surface area contributed by atoms with E-state index in [0.717, 1.165) is 19.3 Å². The summed E-state index contributed by atoms with van der Waals surface area (Å²) in [5, 5.41) is 8.40. The average Bonchev–Trinajstić information content (AvgIpc) is 2.01. The Morgan fingerprint density at radius 2 is 2.18 bits per heavy atom. The summed E-state index contributed by atoms with van der Waals surface area (Å²) in [7, 11) is 0. The van der Waals surface area contributed by atoms with E-state index in [9.17, 15) is 0 Å². The smallest absolute Gasteiger partial charge is 0.111 e. The maximum Gasteiger partial charge on any atom is 0.111 e. The highest BCUT2D eigenvalue weighted by atomic mass is 17.1. The number of rotatable bonds is 5. The van der Waals surface area contributed by atoms with Gasteiger partial charge in [0.2, 0.25) is 0 Å². The van der Waals surface area contributed by atoms with Crippen molar-refractivity contribution in [2.45, 2.75) is 46.1 Å². The first-order chi connectivity index (χ1) is 5.24. The van der Waals surface area contributed by atoms with Crippen LogP contribution in [0.15, 0.2) is 11.6 Å². The van der Waals surface area contributed by atoms with Crippen LogP contribution in [0.3, 0.4) is 0 Å². The van der Waals surface area contributed by atoms with Gasteiger partial charge in [0, 0.05) is 0 Å². The Morgan fingerprint density at radius 1 is 1.55 bits per heavy atom. The molecular formula is C9H18O2. The normalized spacial score (nSPS) is 15.1. The van der Waals surface area contributed by atoms with Gasteiger partial charge in [0.25, 0.3) is 0 Å². The molecule has 1 atom stereocenters. The third-order valence-corrected chi connectivity index (χ3v) is 1.65. The summed E-state index contributed by atoms with van der Waals surface area (Å²) in [6.45, 7) is 6.18. The molecule has 2 nitrogen and oxygen atoms in total. The lowest BCUT2D eigenvalue weighted by molar-refractivity contribution is -0.266. The molecule has 11 heavy (non-hydrogen) atoms. The van der Waals surface area contributed by atoms with E-state index >= 15 is 0 Å². The summed E-state index contributed by atoms with van der Waals surface area (Å²) >= 11 is 0. The molecule has 0 bridgehead atoms. The van der Waals surface area contributed by atoms with Crippen molar-refractivity contribution in [3.8, 4) is 0 Å². The van der Waals surface area contributed by atoms with Gasteiger partial charge in [0.1, 0.15) is 6.10 Å². The minimum atomic E-state index is -0.124. The Kier molecular flexibility index (Phi) is 6.18. The zero-order valence-electron chi connectivity index (χ0n) is 7.63. The van der Waals surface area contributed by atoms with Crippen LogP contribution in [0.25, 0.3) is 0 Å². The van der Waals surface area contributed by atoms with E-state index in [1.807, 2.05) is 13.0 Å². The van der Waals surface area contributed by atoms with E-state index in [1.54, 1.807) is 0 Å². The number of allylic oxidation sites excluding steroid dienone is 1. The van der Waals surface area contributed by atoms with Crippen LogP contribution >= 0.6 is 0 Å². The first kappa shape index (κ1) is 10.7. The Bertz CT molecular complexity index is 115. The molecule has 0 aliphatic rings. The molecular weight excluding hydrogens is 140 g/mol. The Balaban J connectivity index is 3.81. The fourth-order valence-electron chi connectivity index (χ4n) is 1.02. The van der Waals surface area contributed by atoms with E-state index in [4.69, 9.17) is 5.26 Å². The van der Waals surface area contributed by atoms with Gasteiger partial charge in [-0.1, -0.05) is 31.9 Å². The lowest BCUT2D eigenvalue weighted by Crippen LogP contribution is -2.05. The summed E-state index contributed by atoms with van der Waals surface area (Å²) in [5.41, 5.74) is 1.29. The standard InChI is InChI=1S/C9H18O2/c1-4-6-8(3)7-9(5-2)11-10/h7,9-10H,4-6H2,1-3H3/b8-7+. The van der Waals surface area contributed by atoms with Gasteiger partial charge < -0.3 is 0 Å². The first-order valence-electron chi connectivity index (χ1n) is 4.22. The Labute approximate surface area is 68.8 Å². The predicted octanol–water partition coefficient (Wildman–Crippen LogP) is 3.00. The average molecular weight is 158 g/mol. The maximum atomic E-state index is 8.40. The van der Waals surface area contributed by atoms with Crippen molar-refractivity contribution in [1.82, 2.24) is 0 Å². The van der Waals surface area contributed by atoms with Crippen molar-refractivity contribution >= 4 is 0 Å². The van der Waals surface area contributed by atoms with Crippen LogP contribution in [0.2, 0.25) is 0 Å². The quantitative estimate of drug-likeness (QED) is 0.378. The van der Waals surface area contributed by atoms with E-state index in [0.29, 0.717) is 0 Å². The van der Waals surface area contributed by atoms with Crippen molar-refractivity contribution < 1.29 is 10.1 Å². The molecule has 0 aliphatic heterocycles. The highest BCUT2D eigenvalue weighted by molar-refractivity contribution is 5.01. The number of hydrogen-bond donors (Lipinski definition) is 1. The van der Waals surface area contributed by atoms with Crippen LogP contribution in [-0.4, -0.2) is 11.4 Å². The molecule has 0 saturated carbocycles. The van der Waals surface area contributed by atoms with Crippen molar-refractivity contribution in [3.63, 3.8) is 0 Å². The molecule has 0 aromatic heterocycles. The van der Waals surface area contributed by atoms with Crippen molar-refractivity contribution in [2.24, 2.45) is 0 Å². The van der Waals surface area contributed by atoms with E-state index < -0.39 is 0 Å². The third kappa shape index (κ3) is 4.99. The number of hydrogen-bond acceptors (Lipinski definition) is 2. The molecule has 0 radical (unpaired) electrons. The molecule has 0 fully saturated rings. The zero-order chi connectivity index (χ0) is 8.69.